The maximum atomic E-state index is 11.9. The lowest BCUT2D eigenvalue weighted by atomic mass is 9.91. The molecule has 3 heterocycles. The second-order valence-corrected chi connectivity index (χ2v) is 13.9. The van der Waals surface area contributed by atoms with Gasteiger partial charge in [-0.2, -0.15) is 0 Å². The van der Waals surface area contributed by atoms with E-state index < -0.39 is 21.5 Å². The highest BCUT2D eigenvalue weighted by molar-refractivity contribution is 15.0. The highest BCUT2D eigenvalue weighted by Gasteiger charge is 2.35. The lowest BCUT2D eigenvalue weighted by Gasteiger charge is -2.13. The Morgan fingerprint density at radius 3 is 1.62 bits per heavy atom. The molecule has 0 aromatic rings. The number of carbonyl (C=O) groups is 3. The molecule has 13 heteroatoms. The summed E-state index contributed by atoms with van der Waals surface area (Å²) in [5.74, 6) is -0.614. The van der Waals surface area contributed by atoms with E-state index in [2.05, 4.69) is 60.9 Å². The Kier molecular flexibility index (Phi) is 22.6. The van der Waals surface area contributed by atoms with Gasteiger partial charge in [0.1, 0.15) is 0 Å². The van der Waals surface area contributed by atoms with Gasteiger partial charge < -0.3 is 20.0 Å². The summed E-state index contributed by atoms with van der Waals surface area (Å²) in [7, 11) is 3.89. The van der Waals surface area contributed by atoms with Crippen LogP contribution in [0.15, 0.2) is 11.1 Å². The van der Waals surface area contributed by atoms with Crippen LogP contribution in [0.4, 0.5) is 0 Å². The summed E-state index contributed by atoms with van der Waals surface area (Å²) in [5, 5.41) is 19.0. The maximum absolute atomic E-state index is 11.9. The van der Waals surface area contributed by atoms with Crippen molar-refractivity contribution in [2.45, 2.75) is 40.0 Å². The topological polar surface area (TPSA) is 118 Å². The Hall–Kier alpha value is 0.440. The van der Waals surface area contributed by atoms with Crippen molar-refractivity contribution in [2.24, 2.45) is 23.7 Å². The van der Waals surface area contributed by atoms with Crippen molar-refractivity contribution < 1.29 is 28.8 Å². The zero-order chi connectivity index (χ0) is 30.5. The van der Waals surface area contributed by atoms with E-state index in [-0.39, 0.29) is 41.6 Å². The van der Waals surface area contributed by atoms with E-state index in [1.807, 2.05) is 33.0 Å². The molecule has 0 aliphatic carbocycles. The summed E-state index contributed by atoms with van der Waals surface area (Å²) in [6, 6.07) is 0. The maximum Gasteiger partial charge on any atom is 0.332 e. The summed E-state index contributed by atoms with van der Waals surface area (Å²) < 4.78 is 11.5. The number of hydrogen-bond acceptors (Lipinski definition) is 7. The molecule has 9 nitrogen and oxygen atoms in total. The van der Waals surface area contributed by atoms with Crippen molar-refractivity contribution in [3.63, 3.8) is 0 Å². The van der Waals surface area contributed by atoms with Gasteiger partial charge in [0.2, 0.25) is 0 Å². The molecule has 0 spiro atoms. The van der Waals surface area contributed by atoms with Gasteiger partial charge in [0.15, 0.2) is 5.78 Å². The Balaban J connectivity index is 0. The molecule has 0 bridgehead atoms. The molecule has 2 saturated heterocycles. The van der Waals surface area contributed by atoms with Crippen LogP contribution in [0.3, 0.4) is 0 Å². The molecule has 40 heavy (non-hydrogen) atoms. The molecule has 3 aliphatic heterocycles. The first-order chi connectivity index (χ1) is 18.1. The highest BCUT2D eigenvalue weighted by atomic mass is 128. The number of nitrogens with zero attached hydrogens (tertiary/aromatic N) is 3. The number of ketones is 1. The molecular formula is C27H50I3N3O6S. The van der Waals surface area contributed by atoms with Crippen LogP contribution in [0.2, 0.25) is 0 Å². The van der Waals surface area contributed by atoms with E-state index in [4.69, 9.17) is 10.2 Å². The number of carbonyl (C=O) groups excluding carboxylic acids is 1. The van der Waals surface area contributed by atoms with Crippen molar-refractivity contribution in [1.29, 1.82) is 0 Å². The van der Waals surface area contributed by atoms with Gasteiger partial charge in [0.25, 0.3) is 0 Å². The molecule has 2 fully saturated rings. The molecule has 0 aromatic heterocycles. The summed E-state index contributed by atoms with van der Waals surface area (Å²) in [5.41, 5.74) is 1.66. The quantitative estimate of drug-likeness (QED) is 0.286. The highest BCUT2D eigenvalue weighted by Crippen LogP contribution is 2.26. The molecule has 236 valence electrons. The van der Waals surface area contributed by atoms with Crippen LogP contribution in [0.5, 0.6) is 0 Å². The van der Waals surface area contributed by atoms with Crippen molar-refractivity contribution in [1.82, 2.24) is 14.7 Å². The molecule has 0 saturated carbocycles. The lowest BCUT2D eigenvalue weighted by Crippen LogP contribution is -2.25. The minimum absolute atomic E-state index is 0. The van der Waals surface area contributed by atoms with Gasteiger partial charge >= 0.3 is 11.9 Å². The number of likely N-dealkylation sites (N-methyl/N-ethyl adjacent to an activating group) is 1. The standard InChI is InChI=1S/C11H21NO2S.C8H15NO2.C8H13NO2.I2.HI/c1-5-9-6-12(2)7-10(9)11(13)8-15(3,4)14;2*1-3-6-4-9(2)5-7(6)8(10)11;1-2;/h8-10H,5-7H2,1-4H3;6-7H,3-5H2,1-2H3,(H,10,11);3-5H2,1-2H3,(H,10,11);;1H/t9-,10+;6-,7+;;;/m11.../s1. The first-order valence-electron chi connectivity index (χ1n) is 13.3. The van der Waals surface area contributed by atoms with E-state index >= 15 is 0 Å². The molecule has 0 unspecified atom stereocenters. The number of Topliss-reactive ketones (excluding diaryl/α,β-unsaturated/α-hetero) is 1. The van der Waals surface area contributed by atoms with Crippen LogP contribution >= 0.6 is 61.2 Å². The van der Waals surface area contributed by atoms with Crippen LogP contribution in [-0.2, 0) is 23.9 Å². The van der Waals surface area contributed by atoms with E-state index in [0.29, 0.717) is 30.5 Å². The molecule has 0 aromatic carbocycles. The molecule has 2 N–H and O–H groups in total. The number of aliphatic carboxylic acids is 2. The lowest BCUT2D eigenvalue weighted by molar-refractivity contribution is -0.142. The molecule has 3 aliphatic rings. The molecule has 0 radical (unpaired) electrons. The van der Waals surface area contributed by atoms with Gasteiger partial charge in [-0.3, -0.25) is 18.7 Å². The predicted molar refractivity (Wildman–Crippen MR) is 194 cm³/mol. The normalized spacial score (nSPS) is 24.9. The fourth-order valence-electron chi connectivity index (χ4n) is 5.37. The second-order valence-electron chi connectivity index (χ2n) is 11.1. The fourth-order valence-corrected chi connectivity index (χ4v) is 6.11. The van der Waals surface area contributed by atoms with Crippen LogP contribution in [0.1, 0.15) is 40.0 Å². The number of likely N-dealkylation sites (tertiary alicyclic amines) is 2. The average molecular weight is 925 g/mol. The molecule has 3 rings (SSSR count). The summed E-state index contributed by atoms with van der Waals surface area (Å²) in [4.78, 5) is 39.5. The summed E-state index contributed by atoms with van der Waals surface area (Å²) in [6.45, 7) is 11.0. The Bertz CT molecular complexity index is 963. The third-order valence-corrected chi connectivity index (χ3v) is 8.18. The van der Waals surface area contributed by atoms with Crippen molar-refractivity contribution in [2.75, 3.05) is 72.9 Å². The van der Waals surface area contributed by atoms with Gasteiger partial charge in [-0.05, 0) is 54.5 Å². The zero-order valence-corrected chi connectivity index (χ0v) is 32.7. The Labute approximate surface area is 282 Å². The van der Waals surface area contributed by atoms with E-state index in [0.717, 1.165) is 51.0 Å². The summed E-state index contributed by atoms with van der Waals surface area (Å²) >= 11 is 4.24. The average Bonchev–Trinajstić information content (AvgIpc) is 3.55. The van der Waals surface area contributed by atoms with Crippen LogP contribution in [0.25, 0.3) is 0 Å². The smallest absolute Gasteiger partial charge is 0.332 e. The molecule has 0 amide bonds. The van der Waals surface area contributed by atoms with E-state index in [1.165, 1.54) is 5.37 Å². The monoisotopic (exact) mass is 925 g/mol. The minimum Gasteiger partial charge on any atom is -0.481 e. The number of rotatable bonds is 7. The molecular weight excluding hydrogens is 875 g/mol. The zero-order valence-electron chi connectivity index (χ0n) is 25.2. The van der Waals surface area contributed by atoms with Crippen LogP contribution < -0.4 is 0 Å². The number of carboxylic acid groups (broad SMARTS) is 2. The van der Waals surface area contributed by atoms with Gasteiger partial charge in [-0.25, -0.2) is 4.79 Å². The van der Waals surface area contributed by atoms with Gasteiger partial charge in [0.05, 0.1) is 11.5 Å². The second kappa shape index (κ2) is 21.2. The number of halogens is 3. The van der Waals surface area contributed by atoms with Crippen LogP contribution in [-0.4, -0.2) is 125 Å². The molecule has 4 atom stereocenters. The third-order valence-electron chi connectivity index (χ3n) is 7.38. The Morgan fingerprint density at radius 1 is 0.850 bits per heavy atom. The van der Waals surface area contributed by atoms with E-state index in [1.54, 1.807) is 12.5 Å². The van der Waals surface area contributed by atoms with Gasteiger partial charge in [0, 0.05) is 100 Å². The van der Waals surface area contributed by atoms with Crippen molar-refractivity contribution >= 4 is 93.8 Å². The van der Waals surface area contributed by atoms with Crippen LogP contribution in [0, 0.1) is 23.7 Å². The van der Waals surface area contributed by atoms with Gasteiger partial charge in [-0.1, -0.05) is 33.6 Å². The first kappa shape index (κ1) is 42.6. The predicted octanol–water partition coefficient (Wildman–Crippen LogP) is 4.26. The SMILES string of the molecule is CCC1=C(C(=O)O)CN(C)C1.CC[C@@H]1CN(C)C[C@@H]1C(=O)C=S(C)(C)=O.CC[C@@H]1CN(C)C[C@@H]1C(=O)O.I.II. The number of hydrogen-bond donors (Lipinski definition) is 2. The fraction of sp³-hybridized carbons (Fsp3) is 0.778. The van der Waals surface area contributed by atoms with Crippen molar-refractivity contribution in [3.05, 3.63) is 11.1 Å². The number of carboxylic acids is 2. The third kappa shape index (κ3) is 15.3. The minimum atomic E-state index is -2.05. The largest absolute Gasteiger partial charge is 0.481 e. The van der Waals surface area contributed by atoms with E-state index in [9.17, 15) is 18.6 Å². The summed E-state index contributed by atoms with van der Waals surface area (Å²) in [6.07, 6.45) is 6.07. The van der Waals surface area contributed by atoms with Gasteiger partial charge in [-0.15, -0.1) is 24.0 Å². The first-order valence-corrected chi connectivity index (χ1v) is 22.0. The van der Waals surface area contributed by atoms with Crippen molar-refractivity contribution in [3.8, 4) is 0 Å². The Morgan fingerprint density at radius 2 is 1.30 bits per heavy atom.